The molecular weight excluding hydrogens is 545 g/mol. The molecule has 42 heavy (non-hydrogen) atoms. The van der Waals surface area contributed by atoms with E-state index in [0.29, 0.717) is 17.7 Å². The highest BCUT2D eigenvalue weighted by Crippen LogP contribution is 2.32. The molecule has 0 saturated carbocycles. The third kappa shape index (κ3) is 9.84. The van der Waals surface area contributed by atoms with Crippen molar-refractivity contribution in [3.8, 4) is 5.75 Å². The van der Waals surface area contributed by atoms with Crippen molar-refractivity contribution < 1.29 is 27.9 Å². The summed E-state index contributed by atoms with van der Waals surface area (Å²) < 4.78 is 44.8. The molecule has 1 saturated heterocycles. The molecule has 0 aromatic heterocycles. The van der Waals surface area contributed by atoms with Crippen molar-refractivity contribution in [3.63, 3.8) is 0 Å². The van der Waals surface area contributed by atoms with E-state index in [0.717, 1.165) is 88.5 Å². The fourth-order valence-electron chi connectivity index (χ4n) is 5.05. The van der Waals surface area contributed by atoms with E-state index in [-0.39, 0.29) is 6.10 Å². The molecule has 1 aliphatic rings. The number of hydrogen-bond donors (Lipinski definition) is 3. The first kappa shape index (κ1) is 31.5. The van der Waals surface area contributed by atoms with Gasteiger partial charge in [-0.1, -0.05) is 42.5 Å². The van der Waals surface area contributed by atoms with Crippen LogP contribution in [-0.4, -0.2) is 66.7 Å². The standard InChI is InChI=1S/C32H39F3N4O3/c33-32(34,35)28-12-14-29(15-13-28)42-30(26-6-2-1-3-7-26)16-18-36-17-4-5-19-38-20-22-39(23-21-38)24-25-8-10-27(11-9-25)31(40)37-41/h1-3,6-15,30,36,41H,4-5,16-24H2,(H,37,40). The molecule has 0 radical (unpaired) electrons. The number of piperazine rings is 1. The van der Waals surface area contributed by atoms with Gasteiger partial charge in [0.05, 0.1) is 5.56 Å². The maximum Gasteiger partial charge on any atom is 0.416 e. The molecule has 226 valence electrons. The summed E-state index contributed by atoms with van der Waals surface area (Å²) in [5, 5.41) is 12.2. The third-order valence-corrected chi connectivity index (χ3v) is 7.48. The average Bonchev–Trinajstić information content (AvgIpc) is 3.01. The SMILES string of the molecule is O=C(NO)c1ccc(CN2CCN(CCCCNCCC(Oc3ccc(C(F)(F)F)cc3)c3ccccc3)CC2)cc1. The average molecular weight is 585 g/mol. The zero-order chi connectivity index (χ0) is 29.8. The Morgan fingerprint density at radius 1 is 0.857 bits per heavy atom. The lowest BCUT2D eigenvalue weighted by molar-refractivity contribution is -0.137. The summed E-state index contributed by atoms with van der Waals surface area (Å²) >= 11 is 0. The zero-order valence-corrected chi connectivity index (χ0v) is 23.7. The Hall–Kier alpha value is -3.44. The van der Waals surface area contributed by atoms with Crippen molar-refractivity contribution in [1.82, 2.24) is 20.6 Å². The maximum absolute atomic E-state index is 12.9. The van der Waals surface area contributed by atoms with E-state index in [2.05, 4.69) is 15.1 Å². The highest BCUT2D eigenvalue weighted by atomic mass is 19.4. The molecule has 4 rings (SSSR count). The quantitative estimate of drug-likeness (QED) is 0.132. The van der Waals surface area contributed by atoms with Crippen LogP contribution in [0, 0.1) is 0 Å². The summed E-state index contributed by atoms with van der Waals surface area (Å²) in [5.41, 5.74) is 3.53. The second-order valence-electron chi connectivity index (χ2n) is 10.5. The molecule has 0 aliphatic carbocycles. The number of nitrogens with one attached hydrogen (secondary N) is 2. The number of alkyl halides is 3. The highest BCUT2D eigenvalue weighted by Gasteiger charge is 2.30. The molecule has 1 fully saturated rings. The minimum absolute atomic E-state index is 0.260. The minimum Gasteiger partial charge on any atom is -0.486 e. The summed E-state index contributed by atoms with van der Waals surface area (Å²) in [6.45, 7) is 7.58. The molecule has 7 nitrogen and oxygen atoms in total. The Morgan fingerprint density at radius 2 is 1.52 bits per heavy atom. The molecule has 1 heterocycles. The number of unbranched alkanes of at least 4 members (excludes halogenated alkanes) is 1. The van der Waals surface area contributed by atoms with Gasteiger partial charge in [-0.15, -0.1) is 0 Å². The van der Waals surface area contributed by atoms with Gasteiger partial charge < -0.3 is 15.0 Å². The molecular formula is C32H39F3N4O3. The van der Waals surface area contributed by atoms with E-state index in [1.54, 1.807) is 17.6 Å². The van der Waals surface area contributed by atoms with Gasteiger partial charge in [-0.25, -0.2) is 5.48 Å². The van der Waals surface area contributed by atoms with Crippen LogP contribution in [0.2, 0.25) is 0 Å². The monoisotopic (exact) mass is 584 g/mol. The zero-order valence-electron chi connectivity index (χ0n) is 23.7. The van der Waals surface area contributed by atoms with Crippen molar-refractivity contribution in [2.24, 2.45) is 0 Å². The lowest BCUT2D eigenvalue weighted by Gasteiger charge is -2.34. The van der Waals surface area contributed by atoms with Gasteiger partial charge in [0.15, 0.2) is 0 Å². The number of hydrogen-bond acceptors (Lipinski definition) is 6. The lowest BCUT2D eigenvalue weighted by Crippen LogP contribution is -2.46. The van der Waals surface area contributed by atoms with Gasteiger partial charge in [0, 0.05) is 44.7 Å². The maximum atomic E-state index is 12.9. The largest absolute Gasteiger partial charge is 0.486 e. The van der Waals surface area contributed by atoms with Crippen molar-refractivity contribution in [2.75, 3.05) is 45.8 Å². The fraction of sp³-hybridized carbons (Fsp3) is 0.406. The first-order chi connectivity index (χ1) is 20.3. The van der Waals surface area contributed by atoms with E-state index >= 15 is 0 Å². The lowest BCUT2D eigenvalue weighted by atomic mass is 10.1. The van der Waals surface area contributed by atoms with E-state index in [9.17, 15) is 18.0 Å². The third-order valence-electron chi connectivity index (χ3n) is 7.48. The molecule has 1 atom stereocenters. The number of carbonyl (C=O) groups excluding carboxylic acids is 1. The summed E-state index contributed by atoms with van der Waals surface area (Å²) in [5.74, 6) is -0.0885. The Kier molecular flexibility index (Phi) is 11.8. The topological polar surface area (TPSA) is 77.1 Å². The molecule has 0 spiro atoms. The van der Waals surface area contributed by atoms with Crippen molar-refractivity contribution >= 4 is 5.91 Å². The van der Waals surface area contributed by atoms with E-state index < -0.39 is 17.6 Å². The van der Waals surface area contributed by atoms with Crippen LogP contribution in [0.15, 0.2) is 78.9 Å². The van der Waals surface area contributed by atoms with Crippen molar-refractivity contribution in [2.45, 2.75) is 38.1 Å². The number of ether oxygens (including phenoxy) is 1. The Morgan fingerprint density at radius 3 is 2.17 bits per heavy atom. The fourth-order valence-corrected chi connectivity index (χ4v) is 5.05. The van der Waals surface area contributed by atoms with Gasteiger partial charge in [-0.3, -0.25) is 14.9 Å². The molecule has 3 N–H and O–H groups in total. The van der Waals surface area contributed by atoms with E-state index in [4.69, 9.17) is 9.94 Å². The van der Waals surface area contributed by atoms with Crippen LogP contribution < -0.4 is 15.5 Å². The first-order valence-corrected chi connectivity index (χ1v) is 14.4. The molecule has 1 amide bonds. The van der Waals surface area contributed by atoms with Gasteiger partial charge >= 0.3 is 6.18 Å². The van der Waals surface area contributed by atoms with Crippen LogP contribution in [0.1, 0.15) is 52.4 Å². The Labute approximate surface area is 245 Å². The van der Waals surface area contributed by atoms with Crippen LogP contribution in [0.5, 0.6) is 5.75 Å². The van der Waals surface area contributed by atoms with E-state index in [1.807, 2.05) is 42.5 Å². The van der Waals surface area contributed by atoms with Crippen LogP contribution in [-0.2, 0) is 12.7 Å². The van der Waals surface area contributed by atoms with Crippen LogP contribution in [0.25, 0.3) is 0 Å². The molecule has 1 unspecified atom stereocenters. The molecule has 0 bridgehead atoms. The predicted molar refractivity (Wildman–Crippen MR) is 155 cm³/mol. The molecule has 1 aliphatic heterocycles. The summed E-state index contributed by atoms with van der Waals surface area (Å²) in [4.78, 5) is 16.4. The second-order valence-corrected chi connectivity index (χ2v) is 10.5. The second kappa shape index (κ2) is 15.7. The van der Waals surface area contributed by atoms with Gasteiger partial charge in [0.1, 0.15) is 11.9 Å². The Bertz CT molecular complexity index is 1220. The summed E-state index contributed by atoms with van der Waals surface area (Å²) in [6, 6.07) is 21.9. The molecule has 3 aromatic rings. The minimum atomic E-state index is -4.37. The van der Waals surface area contributed by atoms with Crippen LogP contribution in [0.3, 0.4) is 0 Å². The molecule has 3 aromatic carbocycles. The first-order valence-electron chi connectivity index (χ1n) is 14.4. The van der Waals surface area contributed by atoms with Gasteiger partial charge in [0.25, 0.3) is 5.91 Å². The van der Waals surface area contributed by atoms with Crippen molar-refractivity contribution in [3.05, 3.63) is 101 Å². The van der Waals surface area contributed by atoms with Gasteiger partial charge in [-0.2, -0.15) is 13.2 Å². The Balaban J connectivity index is 1.11. The number of rotatable bonds is 14. The highest BCUT2D eigenvalue weighted by molar-refractivity contribution is 5.93. The van der Waals surface area contributed by atoms with E-state index in [1.165, 1.54) is 12.1 Å². The number of halogens is 3. The number of amides is 1. The number of hydroxylamine groups is 1. The number of nitrogens with zero attached hydrogens (tertiary/aromatic N) is 2. The molecule has 10 heteroatoms. The summed E-state index contributed by atoms with van der Waals surface area (Å²) in [7, 11) is 0. The number of carbonyl (C=O) groups is 1. The van der Waals surface area contributed by atoms with Crippen molar-refractivity contribution in [1.29, 1.82) is 0 Å². The number of benzene rings is 3. The smallest absolute Gasteiger partial charge is 0.416 e. The normalized spacial score (nSPS) is 15.3. The summed E-state index contributed by atoms with van der Waals surface area (Å²) in [6.07, 6.45) is -1.77. The predicted octanol–water partition coefficient (Wildman–Crippen LogP) is 5.52. The van der Waals surface area contributed by atoms with Crippen LogP contribution in [0.4, 0.5) is 13.2 Å². The van der Waals surface area contributed by atoms with Gasteiger partial charge in [0.2, 0.25) is 0 Å². The van der Waals surface area contributed by atoms with Gasteiger partial charge in [-0.05, 0) is 80.0 Å². The van der Waals surface area contributed by atoms with Crippen LogP contribution >= 0.6 is 0 Å².